The molecular formula is C18H24F3N3O2. The number of amides is 2. The predicted octanol–water partition coefficient (Wildman–Crippen LogP) is 4.30. The van der Waals surface area contributed by atoms with E-state index >= 15 is 0 Å². The van der Waals surface area contributed by atoms with Gasteiger partial charge in [-0.3, -0.25) is 0 Å². The molecule has 144 valence electrons. The third-order valence-corrected chi connectivity index (χ3v) is 5.08. The van der Waals surface area contributed by atoms with Crippen molar-refractivity contribution in [3.05, 3.63) is 24.0 Å². The summed E-state index contributed by atoms with van der Waals surface area (Å²) in [4.78, 5) is 17.3. The first-order chi connectivity index (χ1) is 12.4. The molecular weight excluding hydrogens is 347 g/mol. The van der Waals surface area contributed by atoms with E-state index in [4.69, 9.17) is 4.74 Å². The van der Waals surface area contributed by atoms with E-state index in [2.05, 4.69) is 10.3 Å². The number of alkyl halides is 3. The number of rotatable bonds is 4. The van der Waals surface area contributed by atoms with Gasteiger partial charge in [0.15, 0.2) is 0 Å². The molecule has 1 aromatic heterocycles. The lowest BCUT2D eigenvalue weighted by Crippen LogP contribution is -2.43. The van der Waals surface area contributed by atoms with Crippen LogP contribution in [0.2, 0.25) is 0 Å². The Morgan fingerprint density at radius 2 is 1.88 bits per heavy atom. The van der Waals surface area contributed by atoms with E-state index in [-0.39, 0.29) is 17.8 Å². The van der Waals surface area contributed by atoms with Crippen LogP contribution in [0.15, 0.2) is 18.3 Å². The Morgan fingerprint density at radius 3 is 2.46 bits per heavy atom. The highest BCUT2D eigenvalue weighted by atomic mass is 19.4. The highest BCUT2D eigenvalue weighted by Gasteiger charge is 2.32. The molecule has 0 atom stereocenters. The number of nitrogens with one attached hydrogen (secondary N) is 1. The second-order valence-electron chi connectivity index (χ2n) is 7.03. The molecule has 2 heterocycles. The summed E-state index contributed by atoms with van der Waals surface area (Å²) in [5.74, 6) is 0.684. The summed E-state index contributed by atoms with van der Waals surface area (Å²) < 4.78 is 43.5. The zero-order valence-electron chi connectivity index (χ0n) is 14.6. The molecule has 1 aliphatic carbocycles. The Labute approximate surface area is 150 Å². The van der Waals surface area contributed by atoms with Crippen molar-refractivity contribution in [2.24, 2.45) is 5.92 Å². The molecule has 3 rings (SSSR count). The third-order valence-electron chi connectivity index (χ3n) is 5.08. The monoisotopic (exact) mass is 371 g/mol. The molecule has 0 spiro atoms. The normalized spacial score (nSPS) is 19.7. The molecule has 1 N–H and O–H groups in total. The minimum absolute atomic E-state index is 0.187. The van der Waals surface area contributed by atoms with Crippen LogP contribution >= 0.6 is 0 Å². The van der Waals surface area contributed by atoms with Gasteiger partial charge in [-0.1, -0.05) is 12.8 Å². The molecule has 1 saturated heterocycles. The molecule has 0 bridgehead atoms. The van der Waals surface area contributed by atoms with Crippen molar-refractivity contribution < 1.29 is 22.7 Å². The Balaban J connectivity index is 1.41. The lowest BCUT2D eigenvalue weighted by molar-refractivity contribution is -0.141. The van der Waals surface area contributed by atoms with E-state index < -0.39 is 11.9 Å². The molecule has 26 heavy (non-hydrogen) atoms. The molecule has 0 unspecified atom stereocenters. The summed E-state index contributed by atoms with van der Waals surface area (Å²) in [6, 6.07) is 1.75. The molecule has 1 aromatic rings. The lowest BCUT2D eigenvalue weighted by atomic mass is 10.1. The standard InChI is InChI=1S/C18H24F3N3O2/c19-18(20,21)16-6-5-14(11-22-16)23-17(25)24-9-7-15(8-10-24)26-12-13-3-1-2-4-13/h5-6,11,13,15H,1-4,7-10,12H2,(H,23,25). The summed E-state index contributed by atoms with van der Waals surface area (Å²) >= 11 is 0. The number of carbonyl (C=O) groups is 1. The molecule has 8 heteroatoms. The maximum Gasteiger partial charge on any atom is 0.433 e. The van der Waals surface area contributed by atoms with E-state index in [9.17, 15) is 18.0 Å². The fourth-order valence-electron chi connectivity index (χ4n) is 3.51. The molecule has 2 amide bonds. The first-order valence-corrected chi connectivity index (χ1v) is 9.12. The number of pyridine rings is 1. The number of carbonyl (C=O) groups excluding carboxylic acids is 1. The second-order valence-corrected chi connectivity index (χ2v) is 7.03. The minimum Gasteiger partial charge on any atom is -0.378 e. The van der Waals surface area contributed by atoms with E-state index in [1.807, 2.05) is 0 Å². The Bertz CT molecular complexity index is 593. The van der Waals surface area contributed by atoms with Gasteiger partial charge in [0.1, 0.15) is 5.69 Å². The van der Waals surface area contributed by atoms with Gasteiger partial charge in [-0.2, -0.15) is 13.2 Å². The number of halogens is 3. The Hall–Kier alpha value is -1.83. The van der Waals surface area contributed by atoms with Crippen LogP contribution in [0.4, 0.5) is 23.7 Å². The minimum atomic E-state index is -4.48. The van der Waals surface area contributed by atoms with Crippen molar-refractivity contribution in [3.63, 3.8) is 0 Å². The van der Waals surface area contributed by atoms with Crippen LogP contribution in [-0.4, -0.2) is 41.7 Å². The highest BCUT2D eigenvalue weighted by molar-refractivity contribution is 5.89. The molecule has 2 aliphatic rings. The van der Waals surface area contributed by atoms with Crippen LogP contribution < -0.4 is 5.32 Å². The van der Waals surface area contributed by atoms with Crippen molar-refractivity contribution in [1.82, 2.24) is 9.88 Å². The fraction of sp³-hybridized carbons (Fsp3) is 0.667. The Morgan fingerprint density at radius 1 is 1.19 bits per heavy atom. The van der Waals surface area contributed by atoms with E-state index in [0.29, 0.717) is 19.0 Å². The van der Waals surface area contributed by atoms with Crippen molar-refractivity contribution in [2.45, 2.75) is 50.8 Å². The average molecular weight is 371 g/mol. The summed E-state index contributed by atoms with van der Waals surface area (Å²) in [7, 11) is 0. The topological polar surface area (TPSA) is 54.5 Å². The number of ether oxygens (including phenoxy) is 1. The summed E-state index contributed by atoms with van der Waals surface area (Å²) in [6.07, 6.45) is 3.40. The van der Waals surface area contributed by atoms with Gasteiger partial charge >= 0.3 is 12.2 Å². The van der Waals surface area contributed by atoms with Crippen LogP contribution in [0.5, 0.6) is 0 Å². The number of urea groups is 1. The smallest absolute Gasteiger partial charge is 0.378 e. The third kappa shape index (κ3) is 5.09. The molecule has 5 nitrogen and oxygen atoms in total. The first-order valence-electron chi connectivity index (χ1n) is 9.12. The lowest BCUT2D eigenvalue weighted by Gasteiger charge is -2.32. The van der Waals surface area contributed by atoms with Crippen molar-refractivity contribution in [2.75, 3.05) is 25.0 Å². The maximum atomic E-state index is 12.5. The van der Waals surface area contributed by atoms with Crippen LogP contribution in [-0.2, 0) is 10.9 Å². The van der Waals surface area contributed by atoms with Crippen molar-refractivity contribution in [3.8, 4) is 0 Å². The number of likely N-dealkylation sites (tertiary alicyclic amines) is 1. The van der Waals surface area contributed by atoms with Gasteiger partial charge in [-0.25, -0.2) is 9.78 Å². The van der Waals surface area contributed by atoms with Gasteiger partial charge in [0.2, 0.25) is 0 Å². The van der Waals surface area contributed by atoms with E-state index in [1.54, 1.807) is 4.90 Å². The number of piperidine rings is 1. The van der Waals surface area contributed by atoms with Crippen molar-refractivity contribution >= 4 is 11.7 Å². The second kappa shape index (κ2) is 8.24. The van der Waals surface area contributed by atoms with Gasteiger partial charge in [0, 0.05) is 19.7 Å². The van der Waals surface area contributed by atoms with Crippen LogP contribution in [0.25, 0.3) is 0 Å². The van der Waals surface area contributed by atoms with E-state index in [0.717, 1.165) is 31.7 Å². The molecule has 2 fully saturated rings. The largest absolute Gasteiger partial charge is 0.433 e. The van der Waals surface area contributed by atoms with Crippen LogP contribution in [0, 0.1) is 5.92 Å². The van der Waals surface area contributed by atoms with Gasteiger partial charge in [0.05, 0.1) is 18.0 Å². The highest BCUT2D eigenvalue weighted by Crippen LogP contribution is 2.28. The maximum absolute atomic E-state index is 12.5. The summed E-state index contributed by atoms with van der Waals surface area (Å²) in [6.45, 7) is 1.97. The number of hydrogen-bond donors (Lipinski definition) is 1. The van der Waals surface area contributed by atoms with Crippen molar-refractivity contribution in [1.29, 1.82) is 0 Å². The molecule has 0 radical (unpaired) electrons. The SMILES string of the molecule is O=C(Nc1ccc(C(F)(F)F)nc1)N1CCC(OCC2CCCC2)CC1. The Kier molecular flexibility index (Phi) is 6.01. The van der Waals surface area contributed by atoms with Gasteiger partial charge in [-0.05, 0) is 43.7 Å². The van der Waals surface area contributed by atoms with E-state index in [1.165, 1.54) is 31.7 Å². The van der Waals surface area contributed by atoms with Gasteiger partial charge in [-0.15, -0.1) is 0 Å². The zero-order chi connectivity index (χ0) is 18.6. The molecule has 1 aliphatic heterocycles. The summed E-state index contributed by atoms with van der Waals surface area (Å²) in [5.41, 5.74) is -0.724. The average Bonchev–Trinajstić information content (AvgIpc) is 3.13. The quantitative estimate of drug-likeness (QED) is 0.858. The number of aromatic nitrogens is 1. The molecule has 0 aromatic carbocycles. The fourth-order valence-corrected chi connectivity index (χ4v) is 3.51. The first kappa shape index (κ1) is 18.9. The predicted molar refractivity (Wildman–Crippen MR) is 90.8 cm³/mol. The van der Waals surface area contributed by atoms with Crippen LogP contribution in [0.3, 0.4) is 0 Å². The van der Waals surface area contributed by atoms with Crippen LogP contribution in [0.1, 0.15) is 44.2 Å². The number of anilines is 1. The van der Waals surface area contributed by atoms with Gasteiger partial charge in [0.25, 0.3) is 0 Å². The number of hydrogen-bond acceptors (Lipinski definition) is 3. The zero-order valence-corrected chi connectivity index (χ0v) is 14.6. The molecule has 1 saturated carbocycles. The number of nitrogens with zero attached hydrogens (tertiary/aromatic N) is 2. The van der Waals surface area contributed by atoms with Gasteiger partial charge < -0.3 is 15.0 Å². The summed E-state index contributed by atoms with van der Waals surface area (Å²) in [5, 5.41) is 2.60.